The lowest BCUT2D eigenvalue weighted by Crippen LogP contribution is -2.32. The summed E-state index contributed by atoms with van der Waals surface area (Å²) < 4.78 is 11.2. The van der Waals surface area contributed by atoms with Crippen molar-refractivity contribution in [3.05, 3.63) is 89.9 Å². The molecule has 3 aromatic rings. The fourth-order valence-electron chi connectivity index (χ4n) is 3.67. The van der Waals surface area contributed by atoms with Gasteiger partial charge in [-0.2, -0.15) is 0 Å². The van der Waals surface area contributed by atoms with Gasteiger partial charge in [0.2, 0.25) is 0 Å². The van der Waals surface area contributed by atoms with Gasteiger partial charge in [0, 0.05) is 18.0 Å². The van der Waals surface area contributed by atoms with Gasteiger partial charge in [0.05, 0.1) is 31.0 Å². The van der Waals surface area contributed by atoms with Crippen molar-refractivity contribution >= 4 is 23.1 Å². The number of imide groups is 1. The van der Waals surface area contributed by atoms with Crippen LogP contribution in [-0.4, -0.2) is 34.9 Å². The van der Waals surface area contributed by atoms with Crippen LogP contribution in [0, 0.1) is 0 Å². The molecule has 174 valence electrons. The standard InChI is InChI=1S/C27H27N3O4/c1-3-16-34-22-13-11-19(12-14-22)24-25(29-20-9-7-10-23(17-20)33-4-2)27(32)30(26(24)31)18-21-8-5-6-15-28-21/h5-15,17,29H,3-4,16,18H2,1-2H3. The number of nitrogens with zero attached hydrogens (tertiary/aromatic N) is 2. The molecular weight excluding hydrogens is 430 g/mol. The van der Waals surface area contributed by atoms with Crippen LogP contribution in [0.4, 0.5) is 5.69 Å². The zero-order valence-electron chi connectivity index (χ0n) is 19.3. The van der Waals surface area contributed by atoms with E-state index in [0.29, 0.717) is 47.2 Å². The molecule has 0 aliphatic carbocycles. The van der Waals surface area contributed by atoms with E-state index in [1.807, 2.05) is 50.2 Å². The van der Waals surface area contributed by atoms with Crippen LogP contribution >= 0.6 is 0 Å². The minimum absolute atomic E-state index is 0.0872. The second kappa shape index (κ2) is 10.7. The molecule has 0 saturated carbocycles. The maximum absolute atomic E-state index is 13.5. The molecule has 1 N–H and O–H groups in total. The number of carbonyl (C=O) groups excluding carboxylic acids is 2. The molecular formula is C27H27N3O4. The Kier molecular flexibility index (Phi) is 7.22. The molecule has 4 rings (SSSR count). The summed E-state index contributed by atoms with van der Waals surface area (Å²) in [5.74, 6) is 0.613. The zero-order valence-corrected chi connectivity index (χ0v) is 19.3. The summed E-state index contributed by atoms with van der Waals surface area (Å²) in [4.78, 5) is 32.4. The molecule has 34 heavy (non-hydrogen) atoms. The number of hydrogen-bond acceptors (Lipinski definition) is 6. The first-order chi connectivity index (χ1) is 16.6. The average Bonchev–Trinajstić information content (AvgIpc) is 3.08. The smallest absolute Gasteiger partial charge is 0.278 e. The van der Waals surface area contributed by atoms with E-state index in [4.69, 9.17) is 9.47 Å². The summed E-state index contributed by atoms with van der Waals surface area (Å²) in [6.07, 6.45) is 2.54. The first-order valence-electron chi connectivity index (χ1n) is 11.3. The summed E-state index contributed by atoms with van der Waals surface area (Å²) in [5.41, 5.74) is 2.45. The zero-order chi connectivity index (χ0) is 23.9. The number of hydrogen-bond donors (Lipinski definition) is 1. The average molecular weight is 458 g/mol. The van der Waals surface area contributed by atoms with Crippen molar-refractivity contribution in [2.45, 2.75) is 26.8 Å². The summed E-state index contributed by atoms with van der Waals surface area (Å²) in [6, 6.07) is 19.9. The Labute approximate surface area is 199 Å². The van der Waals surface area contributed by atoms with Crippen molar-refractivity contribution in [2.24, 2.45) is 0 Å². The van der Waals surface area contributed by atoms with E-state index in [-0.39, 0.29) is 18.1 Å². The number of amides is 2. The van der Waals surface area contributed by atoms with Gasteiger partial charge in [-0.05, 0) is 55.3 Å². The fourth-order valence-corrected chi connectivity index (χ4v) is 3.67. The topological polar surface area (TPSA) is 80.8 Å². The van der Waals surface area contributed by atoms with Gasteiger partial charge >= 0.3 is 0 Å². The van der Waals surface area contributed by atoms with Crippen LogP contribution in [0.3, 0.4) is 0 Å². The molecule has 0 unspecified atom stereocenters. The van der Waals surface area contributed by atoms with Gasteiger partial charge in [-0.15, -0.1) is 0 Å². The van der Waals surface area contributed by atoms with Crippen LogP contribution in [0.1, 0.15) is 31.5 Å². The number of ether oxygens (including phenoxy) is 2. The number of carbonyl (C=O) groups is 2. The number of benzene rings is 2. The molecule has 7 nitrogen and oxygen atoms in total. The van der Waals surface area contributed by atoms with E-state index >= 15 is 0 Å². The molecule has 0 bridgehead atoms. The predicted molar refractivity (Wildman–Crippen MR) is 130 cm³/mol. The molecule has 0 fully saturated rings. The minimum atomic E-state index is -0.404. The van der Waals surface area contributed by atoms with Gasteiger partial charge in [-0.3, -0.25) is 19.5 Å². The van der Waals surface area contributed by atoms with Crippen LogP contribution in [0.2, 0.25) is 0 Å². The van der Waals surface area contributed by atoms with Gasteiger partial charge in [0.25, 0.3) is 11.8 Å². The minimum Gasteiger partial charge on any atom is -0.494 e. The molecule has 0 radical (unpaired) electrons. The van der Waals surface area contributed by atoms with Gasteiger partial charge < -0.3 is 14.8 Å². The Bertz CT molecular complexity index is 1190. The normalized spacial score (nSPS) is 13.4. The van der Waals surface area contributed by atoms with Crippen LogP contribution in [-0.2, 0) is 16.1 Å². The second-order valence-corrected chi connectivity index (χ2v) is 7.73. The van der Waals surface area contributed by atoms with Crippen LogP contribution in [0.15, 0.2) is 78.6 Å². The Morgan fingerprint density at radius 2 is 1.71 bits per heavy atom. The van der Waals surface area contributed by atoms with E-state index in [1.165, 1.54) is 4.90 Å². The Morgan fingerprint density at radius 3 is 2.41 bits per heavy atom. The van der Waals surface area contributed by atoms with E-state index < -0.39 is 5.91 Å². The highest BCUT2D eigenvalue weighted by molar-refractivity contribution is 6.36. The summed E-state index contributed by atoms with van der Waals surface area (Å²) in [6.45, 7) is 5.17. The molecule has 0 saturated heterocycles. The van der Waals surface area contributed by atoms with Gasteiger partial charge in [-0.1, -0.05) is 31.2 Å². The van der Waals surface area contributed by atoms with E-state index in [1.54, 1.807) is 36.5 Å². The number of nitrogens with one attached hydrogen (secondary N) is 1. The predicted octanol–water partition coefficient (Wildman–Crippen LogP) is 4.66. The summed E-state index contributed by atoms with van der Waals surface area (Å²) in [5, 5.41) is 3.17. The van der Waals surface area contributed by atoms with Crippen LogP contribution < -0.4 is 14.8 Å². The third-order valence-corrected chi connectivity index (χ3v) is 5.24. The Hall–Kier alpha value is -4.13. The summed E-state index contributed by atoms with van der Waals surface area (Å²) in [7, 11) is 0. The highest BCUT2D eigenvalue weighted by atomic mass is 16.5. The molecule has 0 spiro atoms. The van der Waals surface area contributed by atoms with Gasteiger partial charge in [0.1, 0.15) is 17.2 Å². The largest absolute Gasteiger partial charge is 0.494 e. The maximum Gasteiger partial charge on any atom is 0.278 e. The molecule has 2 heterocycles. The number of rotatable bonds is 10. The highest BCUT2D eigenvalue weighted by Gasteiger charge is 2.39. The van der Waals surface area contributed by atoms with Crippen LogP contribution in [0.5, 0.6) is 11.5 Å². The highest BCUT2D eigenvalue weighted by Crippen LogP contribution is 2.32. The van der Waals surface area contributed by atoms with Crippen molar-refractivity contribution in [3.8, 4) is 11.5 Å². The molecule has 2 amide bonds. The number of pyridine rings is 1. The molecule has 2 aromatic carbocycles. The monoisotopic (exact) mass is 457 g/mol. The van der Waals surface area contributed by atoms with Crippen molar-refractivity contribution in [1.29, 1.82) is 0 Å². The van der Waals surface area contributed by atoms with Crippen molar-refractivity contribution in [1.82, 2.24) is 9.88 Å². The third-order valence-electron chi connectivity index (χ3n) is 5.24. The third kappa shape index (κ3) is 5.09. The summed E-state index contributed by atoms with van der Waals surface area (Å²) >= 11 is 0. The quantitative estimate of drug-likeness (QED) is 0.446. The number of aromatic nitrogens is 1. The van der Waals surface area contributed by atoms with Crippen LogP contribution in [0.25, 0.3) is 5.57 Å². The van der Waals surface area contributed by atoms with Gasteiger partial charge in [-0.25, -0.2) is 0 Å². The SMILES string of the molecule is CCCOc1ccc(C2=C(Nc3cccc(OCC)c3)C(=O)N(Cc3ccccn3)C2=O)cc1. The molecule has 1 aliphatic heterocycles. The second-order valence-electron chi connectivity index (χ2n) is 7.73. The lowest BCUT2D eigenvalue weighted by Gasteiger charge is -2.15. The Morgan fingerprint density at radius 1 is 0.882 bits per heavy atom. The molecule has 0 atom stereocenters. The van der Waals surface area contributed by atoms with E-state index in [9.17, 15) is 9.59 Å². The lowest BCUT2D eigenvalue weighted by molar-refractivity contribution is -0.137. The molecule has 1 aromatic heterocycles. The van der Waals surface area contributed by atoms with Gasteiger partial charge in [0.15, 0.2) is 0 Å². The van der Waals surface area contributed by atoms with Crippen molar-refractivity contribution in [2.75, 3.05) is 18.5 Å². The maximum atomic E-state index is 13.5. The lowest BCUT2D eigenvalue weighted by atomic mass is 10.0. The fraction of sp³-hybridized carbons (Fsp3) is 0.222. The first-order valence-corrected chi connectivity index (χ1v) is 11.3. The first kappa shape index (κ1) is 23.0. The van der Waals surface area contributed by atoms with E-state index in [2.05, 4.69) is 10.3 Å². The Balaban J connectivity index is 1.69. The van der Waals surface area contributed by atoms with E-state index in [0.717, 1.165) is 6.42 Å². The number of anilines is 1. The molecule has 7 heteroatoms. The van der Waals surface area contributed by atoms with Crippen molar-refractivity contribution in [3.63, 3.8) is 0 Å². The molecule has 1 aliphatic rings. The van der Waals surface area contributed by atoms with Crippen molar-refractivity contribution < 1.29 is 19.1 Å².